The third kappa shape index (κ3) is 2.67. The molecule has 13 heavy (non-hydrogen) atoms. The summed E-state index contributed by atoms with van der Waals surface area (Å²) in [5.41, 5.74) is 0.699. The van der Waals surface area contributed by atoms with Crippen LogP contribution in [0.4, 0.5) is 0 Å². The fourth-order valence-electron chi connectivity index (χ4n) is 0.938. The maximum Gasteiger partial charge on any atom is 0.307 e. The summed E-state index contributed by atoms with van der Waals surface area (Å²) < 4.78 is 0.657. The zero-order valence-corrected chi connectivity index (χ0v) is 10.0. The van der Waals surface area contributed by atoms with Gasteiger partial charge < -0.3 is 5.11 Å². The number of carboxylic acid groups (broad SMARTS) is 1. The van der Waals surface area contributed by atoms with E-state index in [2.05, 4.69) is 25.2 Å². The Morgan fingerprint density at radius 3 is 2.77 bits per heavy atom. The molecule has 2 nitrogen and oxygen atoms in total. The number of benzene rings is 1. The van der Waals surface area contributed by atoms with Crippen molar-refractivity contribution in [1.29, 1.82) is 0 Å². The maximum atomic E-state index is 10.5. The van der Waals surface area contributed by atoms with Crippen LogP contribution >= 0.6 is 36.8 Å². The number of aliphatic carboxylic acids is 1. The Labute approximate surface area is 91.6 Å². The molecule has 0 aliphatic rings. The van der Waals surface area contributed by atoms with Crippen molar-refractivity contribution < 1.29 is 9.90 Å². The van der Waals surface area contributed by atoms with Crippen molar-refractivity contribution in [3.63, 3.8) is 0 Å². The minimum Gasteiger partial charge on any atom is -0.481 e. The Bertz CT molecular complexity index is 354. The number of rotatable bonds is 2. The van der Waals surface area contributed by atoms with Gasteiger partial charge in [0.2, 0.25) is 0 Å². The molecule has 0 radical (unpaired) electrons. The summed E-state index contributed by atoms with van der Waals surface area (Å²) in [6.45, 7) is 0. The Balaban J connectivity index is 3.17. The molecule has 1 atom stereocenters. The molecule has 0 aromatic heterocycles. The van der Waals surface area contributed by atoms with E-state index in [1.165, 1.54) is 0 Å². The first-order valence-corrected chi connectivity index (χ1v) is 5.21. The van der Waals surface area contributed by atoms with E-state index in [0.717, 1.165) is 5.30 Å². The van der Waals surface area contributed by atoms with Gasteiger partial charge in [0.1, 0.15) is 0 Å². The lowest BCUT2D eigenvalue weighted by Crippen LogP contribution is -2.09. The summed E-state index contributed by atoms with van der Waals surface area (Å²) in [6.07, 6.45) is -0.0278. The number of halogens is 2. The van der Waals surface area contributed by atoms with Crippen molar-refractivity contribution in [2.75, 3.05) is 0 Å². The summed E-state index contributed by atoms with van der Waals surface area (Å²) in [7, 11) is 2.48. The molecule has 0 saturated carbocycles. The Morgan fingerprint density at radius 1 is 1.62 bits per heavy atom. The van der Waals surface area contributed by atoms with Gasteiger partial charge >= 0.3 is 5.97 Å². The molecule has 1 unspecified atom stereocenters. The third-order valence-electron chi connectivity index (χ3n) is 1.56. The summed E-state index contributed by atoms with van der Waals surface area (Å²) in [5, 5.41) is 10.0. The zero-order chi connectivity index (χ0) is 10.0. The predicted octanol–water partition coefficient (Wildman–Crippen LogP) is 2.23. The van der Waals surface area contributed by atoms with Crippen LogP contribution in [0.1, 0.15) is 5.56 Å². The number of carbonyl (C=O) groups is 1. The monoisotopic (exact) mass is 280 g/mol. The largest absolute Gasteiger partial charge is 0.481 e. The van der Waals surface area contributed by atoms with Gasteiger partial charge in [-0.1, -0.05) is 17.7 Å². The molecule has 1 rings (SSSR count). The van der Waals surface area contributed by atoms with E-state index >= 15 is 0 Å². The molecule has 1 aromatic rings. The molecule has 0 bridgehead atoms. The third-order valence-corrected chi connectivity index (χ3v) is 3.55. The lowest BCUT2D eigenvalue weighted by Gasteiger charge is -2.06. The van der Waals surface area contributed by atoms with Crippen molar-refractivity contribution in [3.05, 3.63) is 27.2 Å². The van der Waals surface area contributed by atoms with Crippen LogP contribution in [0.3, 0.4) is 0 Å². The molecule has 0 heterocycles. The minimum absolute atomic E-state index is 0.0278. The average Bonchev–Trinajstić information content (AvgIpc) is 2.05. The van der Waals surface area contributed by atoms with Crippen LogP contribution < -0.4 is 5.30 Å². The van der Waals surface area contributed by atoms with Crippen molar-refractivity contribution in [2.45, 2.75) is 6.42 Å². The van der Waals surface area contributed by atoms with Gasteiger partial charge in [-0.25, -0.2) is 0 Å². The molecule has 0 aliphatic carbocycles. The van der Waals surface area contributed by atoms with Crippen LogP contribution in [0, 0.1) is 0 Å². The lowest BCUT2D eigenvalue weighted by atomic mass is 10.1. The van der Waals surface area contributed by atoms with Crippen LogP contribution in [-0.4, -0.2) is 11.1 Å². The van der Waals surface area contributed by atoms with Crippen LogP contribution in [0.25, 0.3) is 0 Å². The van der Waals surface area contributed by atoms with Gasteiger partial charge in [-0.3, -0.25) is 4.79 Å². The highest BCUT2D eigenvalue weighted by Crippen LogP contribution is 2.26. The van der Waals surface area contributed by atoms with Gasteiger partial charge in [0.25, 0.3) is 0 Å². The Hall–Kier alpha value is -0.110. The minimum atomic E-state index is -0.869. The molecular weight excluding hydrogens is 274 g/mol. The smallest absolute Gasteiger partial charge is 0.307 e. The van der Waals surface area contributed by atoms with Crippen molar-refractivity contribution in [1.82, 2.24) is 0 Å². The van der Waals surface area contributed by atoms with E-state index in [0.29, 0.717) is 15.1 Å². The quantitative estimate of drug-likeness (QED) is 0.844. The fourth-order valence-corrected chi connectivity index (χ4v) is 2.17. The van der Waals surface area contributed by atoms with E-state index in [1.807, 2.05) is 0 Å². The second-order valence-corrected chi connectivity index (χ2v) is 4.32. The summed E-state index contributed by atoms with van der Waals surface area (Å²) >= 11 is 9.07. The highest BCUT2D eigenvalue weighted by Gasteiger charge is 2.10. The van der Waals surface area contributed by atoms with Gasteiger partial charge in [0.05, 0.1) is 11.4 Å². The summed E-state index contributed by atoms with van der Waals surface area (Å²) in [6, 6.07) is 3.50. The Kier molecular flexibility index (Phi) is 3.72. The molecule has 0 amide bonds. The second kappa shape index (κ2) is 4.41. The van der Waals surface area contributed by atoms with Crippen LogP contribution in [0.15, 0.2) is 16.6 Å². The Morgan fingerprint density at radius 2 is 2.23 bits per heavy atom. The first-order valence-electron chi connectivity index (χ1n) is 3.46. The van der Waals surface area contributed by atoms with Crippen LogP contribution in [0.2, 0.25) is 5.02 Å². The van der Waals surface area contributed by atoms with Crippen LogP contribution in [-0.2, 0) is 11.2 Å². The van der Waals surface area contributed by atoms with Crippen molar-refractivity contribution >= 4 is 48.0 Å². The molecule has 0 aliphatic heterocycles. The van der Waals surface area contributed by atoms with E-state index in [9.17, 15) is 4.79 Å². The highest BCUT2D eigenvalue weighted by molar-refractivity contribution is 9.10. The average molecular weight is 281 g/mol. The molecule has 0 spiro atoms. The first-order chi connectivity index (χ1) is 6.02. The van der Waals surface area contributed by atoms with Gasteiger partial charge in [0, 0.05) is 4.47 Å². The second-order valence-electron chi connectivity index (χ2n) is 2.50. The molecule has 0 saturated heterocycles. The van der Waals surface area contributed by atoms with E-state index < -0.39 is 5.97 Å². The van der Waals surface area contributed by atoms with Gasteiger partial charge in [0.15, 0.2) is 0 Å². The molecule has 70 valence electrons. The molecule has 1 aromatic carbocycles. The standard InChI is InChI=1S/C8H7BrClO2P/c9-8-4(3-7(11)12)6(13)2-1-5(8)10/h1-2H,3,13H2,(H,11,12). The van der Waals surface area contributed by atoms with Crippen molar-refractivity contribution in [3.8, 4) is 0 Å². The van der Waals surface area contributed by atoms with Crippen LogP contribution in [0.5, 0.6) is 0 Å². The normalized spacial score (nSPS) is 10.1. The predicted molar refractivity (Wildman–Crippen MR) is 59.8 cm³/mol. The number of hydrogen-bond donors (Lipinski definition) is 1. The molecular formula is C8H7BrClO2P. The number of hydrogen-bond acceptors (Lipinski definition) is 1. The van der Waals surface area contributed by atoms with Gasteiger partial charge in [-0.15, -0.1) is 9.24 Å². The van der Waals surface area contributed by atoms with Crippen molar-refractivity contribution in [2.24, 2.45) is 0 Å². The molecule has 5 heteroatoms. The first kappa shape index (κ1) is 11.0. The van der Waals surface area contributed by atoms with E-state index in [1.54, 1.807) is 12.1 Å². The lowest BCUT2D eigenvalue weighted by molar-refractivity contribution is -0.136. The topological polar surface area (TPSA) is 37.3 Å². The summed E-state index contributed by atoms with van der Waals surface area (Å²) in [5.74, 6) is -0.869. The van der Waals surface area contributed by atoms with Gasteiger partial charge in [-0.2, -0.15) is 0 Å². The maximum absolute atomic E-state index is 10.5. The SMILES string of the molecule is O=C(O)Cc1c(P)ccc(Cl)c1Br. The highest BCUT2D eigenvalue weighted by atomic mass is 79.9. The van der Waals surface area contributed by atoms with Gasteiger partial charge in [-0.05, 0) is 32.9 Å². The molecule has 0 fully saturated rings. The molecule has 1 N–H and O–H groups in total. The van der Waals surface area contributed by atoms with E-state index in [-0.39, 0.29) is 6.42 Å². The van der Waals surface area contributed by atoms with E-state index in [4.69, 9.17) is 16.7 Å². The zero-order valence-electron chi connectivity index (χ0n) is 6.55. The fraction of sp³-hybridized carbons (Fsp3) is 0.125. The number of carboxylic acids is 1. The summed E-state index contributed by atoms with van der Waals surface area (Å²) in [4.78, 5) is 10.5.